The third-order valence-corrected chi connectivity index (χ3v) is 3.91. The van der Waals surface area contributed by atoms with Crippen molar-refractivity contribution in [2.24, 2.45) is 0 Å². The fraction of sp³-hybridized carbons (Fsp3) is 0.250. The molecule has 0 saturated carbocycles. The van der Waals surface area contributed by atoms with E-state index in [4.69, 9.17) is 13.6 Å². The Hall–Kier alpha value is -2.41. The van der Waals surface area contributed by atoms with Gasteiger partial charge >= 0.3 is 5.63 Å². The molecule has 1 aromatic carbocycles. The molecule has 23 heavy (non-hydrogen) atoms. The Balaban J connectivity index is 1.84. The first-order valence-electron chi connectivity index (χ1n) is 7.18. The predicted molar refractivity (Wildman–Crippen MR) is 88.1 cm³/mol. The van der Waals surface area contributed by atoms with E-state index in [1.807, 2.05) is 13.0 Å². The Morgan fingerprint density at radius 2 is 2.13 bits per heavy atom. The van der Waals surface area contributed by atoms with Crippen molar-refractivity contribution < 1.29 is 23.2 Å². The minimum atomic E-state index is -0.182. The zero-order chi connectivity index (χ0) is 16.2. The number of carbonyl (C=O) groups is 1. The van der Waals surface area contributed by atoms with Gasteiger partial charge in [0.05, 0.1) is 35.7 Å². The number of fused-ring (bicyclic) bond motifs is 2. The van der Waals surface area contributed by atoms with Crippen LogP contribution in [0.2, 0.25) is 0 Å². The van der Waals surface area contributed by atoms with Crippen LogP contribution in [-0.4, -0.2) is 28.9 Å². The van der Waals surface area contributed by atoms with Gasteiger partial charge in [-0.25, -0.2) is 0 Å². The number of furan rings is 1. The number of hydrogen-bond acceptors (Lipinski definition) is 5. The molecule has 0 fully saturated rings. The largest absolute Gasteiger partial charge is 0.516 e. The zero-order valence-corrected chi connectivity index (χ0v) is 13.3. The summed E-state index contributed by atoms with van der Waals surface area (Å²) in [6.45, 7) is 2.64. The fourth-order valence-corrected chi connectivity index (χ4v) is 2.73. The molecule has 0 aliphatic carbocycles. The lowest BCUT2D eigenvalue weighted by Crippen LogP contribution is -2.24. The van der Waals surface area contributed by atoms with Gasteiger partial charge in [-0.2, -0.15) is 0 Å². The molecular formula is C16H16NO5S+. The van der Waals surface area contributed by atoms with Crippen LogP contribution in [0.5, 0.6) is 5.75 Å². The summed E-state index contributed by atoms with van der Waals surface area (Å²) in [5.74, 6) is 1.34. The number of amides is 1. The molecule has 3 aromatic rings. The number of benzene rings is 1. The van der Waals surface area contributed by atoms with E-state index in [1.165, 1.54) is 17.8 Å². The lowest BCUT2D eigenvalue weighted by Gasteiger charge is -2.09. The molecule has 0 atom stereocenters. The van der Waals surface area contributed by atoms with Crippen molar-refractivity contribution in [2.45, 2.75) is 6.92 Å². The normalized spacial score (nSPS) is 11.0. The van der Waals surface area contributed by atoms with Crippen LogP contribution in [0.1, 0.15) is 6.92 Å². The molecule has 0 unspecified atom stereocenters. The van der Waals surface area contributed by atoms with E-state index in [9.17, 15) is 9.59 Å². The standard InChI is InChI=1S/C16H15NO5S/c1-2-23-16(19)17-6-8-21-15-10-3-4-14(18)22-13(10)9-12-11(15)5-7-20-12/h3-5,7,9H,2,6,8H2,1H3,(H,17,19)/p+1. The zero-order valence-electron chi connectivity index (χ0n) is 12.5. The number of hydrogen-bond donors (Lipinski definition) is 1. The summed E-state index contributed by atoms with van der Waals surface area (Å²) in [6, 6.07) is 6.70. The summed E-state index contributed by atoms with van der Waals surface area (Å²) in [7, 11) is 0. The van der Waals surface area contributed by atoms with Crippen molar-refractivity contribution in [1.29, 1.82) is 0 Å². The van der Waals surface area contributed by atoms with Gasteiger partial charge in [0.1, 0.15) is 17.9 Å². The van der Waals surface area contributed by atoms with Crippen LogP contribution in [-0.2, 0) is 0 Å². The van der Waals surface area contributed by atoms with E-state index in [-0.39, 0.29) is 10.9 Å². The molecular weight excluding hydrogens is 318 g/mol. The van der Waals surface area contributed by atoms with Gasteiger partial charge in [0.15, 0.2) is 0 Å². The molecule has 7 heteroatoms. The molecule has 0 aliphatic rings. The van der Waals surface area contributed by atoms with Gasteiger partial charge < -0.3 is 19.3 Å². The maximum absolute atomic E-state index is 11.4. The Morgan fingerprint density at radius 3 is 2.96 bits per heavy atom. The summed E-state index contributed by atoms with van der Waals surface area (Å²) in [4.78, 5) is 20.9. The van der Waals surface area contributed by atoms with Gasteiger partial charge in [0.25, 0.3) is 10.8 Å². The van der Waals surface area contributed by atoms with Gasteiger partial charge in [0.2, 0.25) is 0 Å². The Bertz CT molecular complexity index is 898. The van der Waals surface area contributed by atoms with Crippen molar-refractivity contribution in [3.63, 3.8) is 0 Å². The molecule has 120 valence electrons. The molecule has 0 saturated heterocycles. The smallest absolute Gasteiger partial charge is 0.490 e. The summed E-state index contributed by atoms with van der Waals surface area (Å²) < 4.78 is 16.5. The van der Waals surface area contributed by atoms with E-state index in [0.717, 1.165) is 16.5 Å². The molecule has 2 aromatic heterocycles. The number of ether oxygens (including phenoxy) is 1. The first-order chi connectivity index (χ1) is 11.2. The van der Waals surface area contributed by atoms with Crippen molar-refractivity contribution in [3.05, 3.63) is 36.2 Å². The van der Waals surface area contributed by atoms with Gasteiger partial charge in [-0.15, -0.1) is 0 Å². The average molecular weight is 334 g/mol. The third-order valence-electron chi connectivity index (χ3n) is 3.21. The highest BCUT2D eigenvalue weighted by atomic mass is 32.2. The van der Waals surface area contributed by atoms with Crippen LogP contribution in [0.15, 0.2) is 39.4 Å². The third kappa shape index (κ3) is 3.34. The number of rotatable bonds is 5. The van der Waals surface area contributed by atoms with Crippen molar-refractivity contribution in [2.75, 3.05) is 18.9 Å². The van der Waals surface area contributed by atoms with E-state index in [1.54, 1.807) is 18.4 Å². The minimum absolute atomic E-state index is 0.0672. The minimum Gasteiger partial charge on any atom is -0.490 e. The SMILES string of the molecule is CCSC(=O)NCCOc1c2ccoc2cc2oc(=[OH+])ccc12. The summed E-state index contributed by atoms with van der Waals surface area (Å²) >= 11 is 1.22. The van der Waals surface area contributed by atoms with Gasteiger partial charge in [-0.1, -0.05) is 18.7 Å². The molecule has 3 rings (SSSR count). The average Bonchev–Trinajstić information content (AvgIpc) is 2.98. The first kappa shape index (κ1) is 15.5. The van der Waals surface area contributed by atoms with Crippen LogP contribution in [0.4, 0.5) is 4.79 Å². The van der Waals surface area contributed by atoms with Gasteiger partial charge in [0, 0.05) is 0 Å². The highest BCUT2D eigenvalue weighted by Gasteiger charge is 2.16. The number of carbonyl (C=O) groups excluding carboxylic acids is 1. The van der Waals surface area contributed by atoms with E-state index < -0.39 is 0 Å². The van der Waals surface area contributed by atoms with Crippen LogP contribution in [0, 0.1) is 0 Å². The van der Waals surface area contributed by atoms with Gasteiger partial charge in [-0.05, 0) is 17.9 Å². The first-order valence-corrected chi connectivity index (χ1v) is 8.17. The highest BCUT2D eigenvalue weighted by Crippen LogP contribution is 2.34. The Labute approximate surface area is 135 Å². The summed E-state index contributed by atoms with van der Waals surface area (Å²) in [5, 5.41) is 4.24. The van der Waals surface area contributed by atoms with E-state index in [2.05, 4.69) is 5.32 Å². The molecule has 2 heterocycles. The number of thioether (sulfide) groups is 1. The molecule has 0 radical (unpaired) electrons. The summed E-state index contributed by atoms with van der Waals surface area (Å²) in [6.07, 6.45) is 1.57. The Kier molecular flexibility index (Phi) is 4.57. The molecule has 2 N–H and O–H groups in total. The van der Waals surface area contributed by atoms with E-state index >= 15 is 0 Å². The predicted octanol–water partition coefficient (Wildman–Crippen LogP) is 3.03. The van der Waals surface area contributed by atoms with Crippen molar-refractivity contribution >= 4 is 38.9 Å². The highest BCUT2D eigenvalue weighted by molar-refractivity contribution is 8.13. The van der Waals surface area contributed by atoms with Crippen LogP contribution < -0.4 is 15.7 Å². The monoisotopic (exact) mass is 334 g/mol. The van der Waals surface area contributed by atoms with Crippen molar-refractivity contribution in [1.82, 2.24) is 5.32 Å². The molecule has 1 amide bonds. The number of nitrogens with one attached hydrogen (secondary N) is 1. The second kappa shape index (κ2) is 6.78. The lowest BCUT2D eigenvalue weighted by molar-refractivity contribution is 0.256. The summed E-state index contributed by atoms with van der Waals surface area (Å²) in [5.41, 5.74) is 0.888. The van der Waals surface area contributed by atoms with Gasteiger partial charge in [-0.3, -0.25) is 9.21 Å². The topological polar surface area (TPSA) is 86.0 Å². The fourth-order valence-electron chi connectivity index (χ4n) is 2.26. The molecule has 6 nitrogen and oxygen atoms in total. The second-order valence-corrected chi connectivity index (χ2v) is 5.96. The molecule has 0 bridgehead atoms. The maximum atomic E-state index is 11.4. The van der Waals surface area contributed by atoms with Crippen LogP contribution in [0.3, 0.4) is 0 Å². The molecule has 0 spiro atoms. The van der Waals surface area contributed by atoms with E-state index in [0.29, 0.717) is 30.1 Å². The molecule has 0 aliphatic heterocycles. The maximum Gasteiger partial charge on any atom is 0.516 e. The Morgan fingerprint density at radius 1 is 1.30 bits per heavy atom. The lowest BCUT2D eigenvalue weighted by atomic mass is 10.1. The quantitative estimate of drug-likeness (QED) is 0.440. The van der Waals surface area contributed by atoms with Crippen LogP contribution in [0.25, 0.3) is 21.9 Å². The van der Waals surface area contributed by atoms with Crippen LogP contribution >= 0.6 is 11.8 Å². The second-order valence-electron chi connectivity index (χ2n) is 4.72. The van der Waals surface area contributed by atoms with Crippen molar-refractivity contribution in [3.8, 4) is 5.75 Å².